The number of amides is 1. The summed E-state index contributed by atoms with van der Waals surface area (Å²) in [6.45, 7) is 5.13. The molecule has 1 N–H and O–H groups in total. The fraction of sp³-hybridized carbons (Fsp3) is 0.360. The lowest BCUT2D eigenvalue weighted by Gasteiger charge is -2.24. The van der Waals surface area contributed by atoms with E-state index in [2.05, 4.69) is 11.9 Å². The van der Waals surface area contributed by atoms with Gasteiger partial charge in [-0.15, -0.1) is 0 Å². The highest BCUT2D eigenvalue weighted by Gasteiger charge is 2.55. The Morgan fingerprint density at radius 3 is 2.80 bits per heavy atom. The van der Waals surface area contributed by atoms with Crippen molar-refractivity contribution >= 4 is 11.9 Å². The highest BCUT2D eigenvalue weighted by atomic mass is 16.5. The minimum atomic E-state index is -0.475. The maximum atomic E-state index is 12.5. The third kappa shape index (κ3) is 3.97. The highest BCUT2D eigenvalue weighted by molar-refractivity contribution is 5.94. The fourth-order valence-corrected chi connectivity index (χ4v) is 4.65. The predicted molar refractivity (Wildman–Crippen MR) is 114 cm³/mol. The molecular formula is C25H27NO4. The summed E-state index contributed by atoms with van der Waals surface area (Å²) in [4.78, 5) is 24.9. The van der Waals surface area contributed by atoms with Crippen LogP contribution in [-0.4, -0.2) is 32.1 Å². The quantitative estimate of drug-likeness (QED) is 0.563. The third-order valence-corrected chi connectivity index (χ3v) is 6.27. The predicted octanol–water partition coefficient (Wildman–Crippen LogP) is 3.72. The second-order valence-electron chi connectivity index (χ2n) is 8.31. The van der Waals surface area contributed by atoms with Crippen molar-refractivity contribution in [3.05, 3.63) is 77.4 Å². The van der Waals surface area contributed by atoms with Crippen molar-refractivity contribution in [3.63, 3.8) is 0 Å². The van der Waals surface area contributed by atoms with E-state index in [-0.39, 0.29) is 17.8 Å². The maximum Gasteiger partial charge on any atom is 0.313 e. The zero-order valence-electron chi connectivity index (χ0n) is 17.3. The van der Waals surface area contributed by atoms with Gasteiger partial charge in [-0.2, -0.15) is 0 Å². The lowest BCUT2D eigenvalue weighted by molar-refractivity contribution is -0.146. The maximum absolute atomic E-state index is 12.5. The van der Waals surface area contributed by atoms with Gasteiger partial charge in [0.05, 0.1) is 19.1 Å². The summed E-state index contributed by atoms with van der Waals surface area (Å²) in [6, 6.07) is 15.4. The number of esters is 1. The summed E-state index contributed by atoms with van der Waals surface area (Å²) in [7, 11) is 1.64. The van der Waals surface area contributed by atoms with Crippen molar-refractivity contribution in [1.82, 2.24) is 5.32 Å². The molecule has 156 valence electrons. The van der Waals surface area contributed by atoms with Gasteiger partial charge in [0.15, 0.2) is 0 Å². The van der Waals surface area contributed by atoms with Crippen LogP contribution in [0.2, 0.25) is 0 Å². The molecule has 1 heterocycles. The van der Waals surface area contributed by atoms with Crippen molar-refractivity contribution in [2.75, 3.05) is 20.3 Å². The van der Waals surface area contributed by atoms with Crippen LogP contribution in [-0.2, 0) is 22.4 Å². The number of fused-ring (bicyclic) bond motifs is 1. The molecule has 5 heteroatoms. The molecule has 30 heavy (non-hydrogen) atoms. The van der Waals surface area contributed by atoms with Crippen molar-refractivity contribution in [2.24, 2.45) is 11.3 Å². The number of ether oxygens (including phenoxy) is 2. The van der Waals surface area contributed by atoms with Crippen LogP contribution in [0.25, 0.3) is 0 Å². The second kappa shape index (κ2) is 8.34. The summed E-state index contributed by atoms with van der Waals surface area (Å²) >= 11 is 0. The van der Waals surface area contributed by atoms with E-state index >= 15 is 0 Å². The lowest BCUT2D eigenvalue weighted by Crippen LogP contribution is -2.31. The van der Waals surface area contributed by atoms with Crippen molar-refractivity contribution < 1.29 is 19.1 Å². The van der Waals surface area contributed by atoms with Crippen LogP contribution < -0.4 is 10.1 Å². The van der Waals surface area contributed by atoms with Gasteiger partial charge in [0.2, 0.25) is 0 Å². The zero-order chi connectivity index (χ0) is 21.1. The molecule has 1 aliphatic heterocycles. The average molecular weight is 405 g/mol. The molecule has 2 atom stereocenters. The van der Waals surface area contributed by atoms with Crippen LogP contribution in [0.1, 0.15) is 34.3 Å². The molecule has 5 nitrogen and oxygen atoms in total. The Hall–Kier alpha value is -3.08. The van der Waals surface area contributed by atoms with E-state index in [0.29, 0.717) is 31.6 Å². The van der Waals surface area contributed by atoms with Gasteiger partial charge in [-0.25, -0.2) is 0 Å². The number of methoxy groups -OCH3 is 1. The van der Waals surface area contributed by atoms with E-state index in [0.717, 1.165) is 35.3 Å². The van der Waals surface area contributed by atoms with Crippen LogP contribution >= 0.6 is 0 Å². The number of nitrogens with one attached hydrogen (secondary N) is 1. The Bertz CT molecular complexity index is 965. The standard InChI is InChI=1S/C25H27NO4/c1-17-12-21-16-30-24(28)25(21,14-17)15-19-6-8-20(9-7-19)23(27)26-11-10-18-4-3-5-22(13-18)29-2/h3-9,13,21H,1,10-12,14-16H2,2H3,(H,26,27). The summed E-state index contributed by atoms with van der Waals surface area (Å²) in [5, 5.41) is 2.96. The minimum Gasteiger partial charge on any atom is -0.497 e. The first-order valence-electron chi connectivity index (χ1n) is 10.3. The number of carbonyl (C=O) groups is 2. The van der Waals surface area contributed by atoms with Gasteiger partial charge in [0.1, 0.15) is 5.75 Å². The van der Waals surface area contributed by atoms with E-state index < -0.39 is 5.41 Å². The molecular weight excluding hydrogens is 378 g/mol. The van der Waals surface area contributed by atoms with E-state index in [9.17, 15) is 9.59 Å². The Kier molecular flexibility index (Phi) is 5.62. The van der Waals surface area contributed by atoms with E-state index in [1.54, 1.807) is 7.11 Å². The molecule has 1 amide bonds. The van der Waals surface area contributed by atoms with Gasteiger partial charge in [-0.1, -0.05) is 36.4 Å². The van der Waals surface area contributed by atoms with Crippen LogP contribution in [0.4, 0.5) is 0 Å². The molecule has 0 aromatic heterocycles. The fourth-order valence-electron chi connectivity index (χ4n) is 4.65. The first kappa shape index (κ1) is 20.2. The van der Waals surface area contributed by atoms with Gasteiger partial charge in [0, 0.05) is 18.0 Å². The van der Waals surface area contributed by atoms with Gasteiger partial charge in [-0.3, -0.25) is 9.59 Å². The molecule has 1 aliphatic carbocycles. The van der Waals surface area contributed by atoms with E-state index in [1.807, 2.05) is 48.5 Å². The molecule has 0 bridgehead atoms. The van der Waals surface area contributed by atoms with Crippen LogP contribution in [0.15, 0.2) is 60.7 Å². The summed E-state index contributed by atoms with van der Waals surface area (Å²) in [5.74, 6) is 0.825. The third-order valence-electron chi connectivity index (χ3n) is 6.27. The van der Waals surface area contributed by atoms with Crippen LogP contribution in [0.3, 0.4) is 0 Å². The zero-order valence-corrected chi connectivity index (χ0v) is 17.3. The van der Waals surface area contributed by atoms with Gasteiger partial charge >= 0.3 is 5.97 Å². The molecule has 4 rings (SSSR count). The van der Waals surface area contributed by atoms with Crippen LogP contribution in [0.5, 0.6) is 5.75 Å². The summed E-state index contributed by atoms with van der Waals surface area (Å²) in [5.41, 5.74) is 3.42. The molecule has 2 aliphatic rings. The Morgan fingerprint density at radius 2 is 2.03 bits per heavy atom. The van der Waals surface area contributed by atoms with Gasteiger partial charge < -0.3 is 14.8 Å². The van der Waals surface area contributed by atoms with Crippen LogP contribution in [0, 0.1) is 11.3 Å². The Morgan fingerprint density at radius 1 is 1.23 bits per heavy atom. The second-order valence-corrected chi connectivity index (χ2v) is 8.31. The molecule has 2 aromatic rings. The number of benzene rings is 2. The molecule has 0 radical (unpaired) electrons. The largest absolute Gasteiger partial charge is 0.497 e. The molecule has 2 unspecified atom stereocenters. The Labute approximate surface area is 177 Å². The number of rotatable bonds is 7. The topological polar surface area (TPSA) is 64.6 Å². The number of hydrogen-bond donors (Lipinski definition) is 1. The van der Waals surface area contributed by atoms with Gasteiger partial charge in [-0.05, 0) is 61.1 Å². The molecule has 1 saturated heterocycles. The molecule has 2 aromatic carbocycles. The molecule has 2 fully saturated rings. The molecule has 1 saturated carbocycles. The summed E-state index contributed by atoms with van der Waals surface area (Å²) in [6.07, 6.45) is 2.92. The highest BCUT2D eigenvalue weighted by Crippen LogP contribution is 2.52. The average Bonchev–Trinajstić information content (AvgIpc) is 3.22. The normalized spacial score (nSPS) is 22.5. The number of allylic oxidation sites excluding steroid dienone is 1. The smallest absolute Gasteiger partial charge is 0.313 e. The van der Waals surface area contributed by atoms with Crippen molar-refractivity contribution in [1.29, 1.82) is 0 Å². The SMILES string of the molecule is C=C1CC2COC(=O)C2(Cc2ccc(C(=O)NCCc3cccc(OC)c3)cc2)C1. The molecule has 0 spiro atoms. The first-order valence-corrected chi connectivity index (χ1v) is 10.3. The van der Waals surface area contributed by atoms with Crippen molar-refractivity contribution in [3.8, 4) is 5.75 Å². The monoisotopic (exact) mass is 405 g/mol. The summed E-state index contributed by atoms with van der Waals surface area (Å²) < 4.78 is 10.6. The number of cyclic esters (lactones) is 1. The van der Waals surface area contributed by atoms with E-state index in [1.165, 1.54) is 0 Å². The number of hydrogen-bond acceptors (Lipinski definition) is 4. The van der Waals surface area contributed by atoms with E-state index in [4.69, 9.17) is 9.47 Å². The first-order chi connectivity index (χ1) is 14.5. The Balaban J connectivity index is 1.34. The van der Waals surface area contributed by atoms with Crippen molar-refractivity contribution in [2.45, 2.75) is 25.7 Å². The lowest BCUT2D eigenvalue weighted by atomic mass is 9.75. The minimum absolute atomic E-state index is 0.102. The van der Waals surface area contributed by atoms with Gasteiger partial charge in [0.25, 0.3) is 5.91 Å². The number of carbonyl (C=O) groups excluding carboxylic acids is 2.